The summed E-state index contributed by atoms with van der Waals surface area (Å²) >= 11 is 3.36. The second-order valence-electron chi connectivity index (χ2n) is 6.95. The number of hydrogen-bond donors (Lipinski definition) is 1. The molecule has 0 aromatic carbocycles. The van der Waals surface area contributed by atoms with Crippen molar-refractivity contribution >= 4 is 40.5 Å². The summed E-state index contributed by atoms with van der Waals surface area (Å²) < 4.78 is 0.652. The zero-order chi connectivity index (χ0) is 18.6. The van der Waals surface area contributed by atoms with Gasteiger partial charge in [-0.1, -0.05) is 0 Å². The summed E-state index contributed by atoms with van der Waals surface area (Å²) in [5, 5.41) is 0. The predicted octanol–water partition coefficient (Wildman–Crippen LogP) is 1.94. The molecule has 2 heterocycles. The van der Waals surface area contributed by atoms with Gasteiger partial charge in [0.2, 0.25) is 12.8 Å². The highest BCUT2D eigenvalue weighted by Gasteiger charge is 2.40. The molecule has 8 heteroatoms. The number of amides is 3. The molecule has 2 rings (SSSR count). The van der Waals surface area contributed by atoms with Gasteiger partial charge in [0.15, 0.2) is 0 Å². The van der Waals surface area contributed by atoms with Gasteiger partial charge in [0.05, 0.1) is 5.56 Å². The lowest BCUT2D eigenvalue weighted by molar-refractivity contribution is -0.129. The average Bonchev–Trinajstić information content (AvgIpc) is 2.85. The van der Waals surface area contributed by atoms with Crippen molar-refractivity contribution in [2.75, 3.05) is 18.0 Å². The highest BCUT2D eigenvalue weighted by atomic mass is 79.9. The highest BCUT2D eigenvalue weighted by Crippen LogP contribution is 2.39. The molecule has 2 N–H and O–H groups in total. The molecule has 1 unspecified atom stereocenters. The van der Waals surface area contributed by atoms with Crippen LogP contribution in [0, 0.1) is 5.92 Å². The maximum absolute atomic E-state index is 11.8. The summed E-state index contributed by atoms with van der Waals surface area (Å²) in [6, 6.07) is 3.39. The molecule has 25 heavy (non-hydrogen) atoms. The zero-order valence-electron chi connectivity index (χ0n) is 14.4. The van der Waals surface area contributed by atoms with E-state index in [1.807, 2.05) is 0 Å². The number of anilines is 1. The van der Waals surface area contributed by atoms with E-state index in [4.69, 9.17) is 5.73 Å². The van der Waals surface area contributed by atoms with Crippen LogP contribution in [0.2, 0.25) is 0 Å². The maximum Gasteiger partial charge on any atom is 0.252 e. The minimum atomic E-state index is -0.498. The molecule has 0 saturated carbocycles. The van der Waals surface area contributed by atoms with E-state index in [1.54, 1.807) is 12.1 Å². The molecular weight excluding hydrogens is 388 g/mol. The van der Waals surface area contributed by atoms with Gasteiger partial charge < -0.3 is 10.6 Å². The molecule has 0 bridgehead atoms. The van der Waals surface area contributed by atoms with Crippen LogP contribution in [0.5, 0.6) is 0 Å². The van der Waals surface area contributed by atoms with E-state index in [9.17, 15) is 14.4 Å². The number of nitrogens with zero attached hydrogens (tertiary/aromatic N) is 3. The van der Waals surface area contributed by atoms with E-state index in [-0.39, 0.29) is 5.54 Å². The van der Waals surface area contributed by atoms with Crippen molar-refractivity contribution in [3.8, 4) is 0 Å². The van der Waals surface area contributed by atoms with Gasteiger partial charge in [-0.05, 0) is 67.1 Å². The quantitative estimate of drug-likeness (QED) is 0.521. The topological polar surface area (TPSA) is 96.6 Å². The number of aromatic nitrogens is 1. The number of carbonyl (C=O) groups excluding carboxylic acids is 3. The minimum Gasteiger partial charge on any atom is -0.365 e. The summed E-state index contributed by atoms with van der Waals surface area (Å²) in [6.45, 7) is 5.40. The van der Waals surface area contributed by atoms with Gasteiger partial charge >= 0.3 is 0 Å². The van der Waals surface area contributed by atoms with Crippen molar-refractivity contribution in [2.24, 2.45) is 11.7 Å². The van der Waals surface area contributed by atoms with Crippen LogP contribution >= 0.6 is 15.9 Å². The molecule has 1 atom stereocenters. The first kappa shape index (κ1) is 19.4. The van der Waals surface area contributed by atoms with E-state index in [0.717, 1.165) is 30.7 Å². The number of primary amides is 1. The Kier molecular flexibility index (Phi) is 6.16. The third kappa shape index (κ3) is 4.56. The Morgan fingerprint density at radius 3 is 2.72 bits per heavy atom. The molecule has 136 valence electrons. The van der Waals surface area contributed by atoms with Crippen molar-refractivity contribution in [2.45, 2.75) is 38.6 Å². The second-order valence-corrected chi connectivity index (χ2v) is 7.77. The molecule has 1 aromatic rings. The lowest BCUT2D eigenvalue weighted by atomic mass is 9.93. The van der Waals surface area contributed by atoms with E-state index in [2.05, 4.69) is 39.7 Å². The Hall–Kier alpha value is -1.96. The second kappa shape index (κ2) is 7.95. The summed E-state index contributed by atoms with van der Waals surface area (Å²) in [5.41, 5.74) is 5.75. The molecule has 0 radical (unpaired) electrons. The van der Waals surface area contributed by atoms with Gasteiger partial charge in [-0.25, -0.2) is 4.98 Å². The number of imide groups is 1. The number of hydrogen-bond acceptors (Lipinski definition) is 5. The van der Waals surface area contributed by atoms with Crippen LogP contribution in [0.4, 0.5) is 5.82 Å². The summed E-state index contributed by atoms with van der Waals surface area (Å²) in [5.74, 6) is 0.482. The first-order valence-corrected chi connectivity index (χ1v) is 8.98. The summed E-state index contributed by atoms with van der Waals surface area (Å²) in [6.07, 6.45) is 3.66. The molecule has 0 aliphatic carbocycles. The van der Waals surface area contributed by atoms with Gasteiger partial charge in [-0.2, -0.15) is 0 Å². The fraction of sp³-hybridized carbons (Fsp3) is 0.529. The van der Waals surface area contributed by atoms with Gasteiger partial charge in [0.1, 0.15) is 10.4 Å². The lowest BCUT2D eigenvalue weighted by Gasteiger charge is -2.33. The molecule has 1 aliphatic heterocycles. The van der Waals surface area contributed by atoms with E-state index < -0.39 is 5.91 Å². The Labute approximate surface area is 155 Å². The van der Waals surface area contributed by atoms with Gasteiger partial charge in [-0.3, -0.25) is 19.3 Å². The Morgan fingerprint density at radius 1 is 1.44 bits per heavy atom. The predicted molar refractivity (Wildman–Crippen MR) is 98.1 cm³/mol. The van der Waals surface area contributed by atoms with Crippen molar-refractivity contribution in [1.82, 2.24) is 9.88 Å². The van der Waals surface area contributed by atoms with E-state index in [1.165, 1.54) is 0 Å². The number of nitrogens with two attached hydrogens (primary N) is 1. The molecule has 7 nitrogen and oxygen atoms in total. The van der Waals surface area contributed by atoms with Crippen molar-refractivity contribution in [1.29, 1.82) is 0 Å². The normalized spacial score (nSPS) is 18.8. The third-order valence-corrected chi connectivity index (χ3v) is 5.06. The van der Waals surface area contributed by atoms with Crippen LogP contribution in [0.1, 0.15) is 43.5 Å². The monoisotopic (exact) mass is 410 g/mol. The fourth-order valence-corrected chi connectivity index (χ4v) is 3.77. The summed E-state index contributed by atoms with van der Waals surface area (Å²) in [7, 11) is 0. The SMILES string of the molecule is CC1(C)CC(CCCN(C=O)C=O)CN1c1nc(Br)ccc1C(N)=O. The van der Waals surface area contributed by atoms with Gasteiger partial charge in [0, 0.05) is 18.6 Å². The Morgan fingerprint density at radius 2 is 2.12 bits per heavy atom. The average molecular weight is 411 g/mol. The lowest BCUT2D eigenvalue weighted by Crippen LogP contribution is -2.40. The van der Waals surface area contributed by atoms with E-state index in [0.29, 0.717) is 41.3 Å². The third-order valence-electron chi connectivity index (χ3n) is 4.62. The minimum absolute atomic E-state index is 0.169. The Bertz CT molecular complexity index is 657. The van der Waals surface area contributed by atoms with Gasteiger partial charge in [-0.15, -0.1) is 0 Å². The molecular formula is C17H23BrN4O3. The number of carbonyl (C=O) groups is 3. The highest BCUT2D eigenvalue weighted by molar-refractivity contribution is 9.10. The molecule has 1 saturated heterocycles. The van der Waals surface area contributed by atoms with Crippen molar-refractivity contribution < 1.29 is 14.4 Å². The maximum atomic E-state index is 11.8. The Balaban J connectivity index is 2.12. The van der Waals surface area contributed by atoms with Crippen molar-refractivity contribution in [3.63, 3.8) is 0 Å². The number of pyridine rings is 1. The molecule has 0 spiro atoms. The molecule has 3 amide bonds. The smallest absolute Gasteiger partial charge is 0.252 e. The first-order chi connectivity index (χ1) is 11.8. The summed E-state index contributed by atoms with van der Waals surface area (Å²) in [4.78, 5) is 40.8. The van der Waals surface area contributed by atoms with Crippen LogP contribution in [0.15, 0.2) is 16.7 Å². The zero-order valence-corrected chi connectivity index (χ0v) is 16.0. The molecule has 1 aliphatic rings. The first-order valence-electron chi connectivity index (χ1n) is 8.19. The largest absolute Gasteiger partial charge is 0.365 e. The van der Waals surface area contributed by atoms with Crippen LogP contribution < -0.4 is 10.6 Å². The number of halogens is 1. The standard InChI is InChI=1S/C17H23BrN4O3/c1-17(2)8-12(4-3-7-21(10-23)11-24)9-22(17)16-13(15(19)25)5-6-14(18)20-16/h5-6,10-12H,3-4,7-9H2,1-2H3,(H2,19,25). The molecule has 1 aromatic heterocycles. The van der Waals surface area contributed by atoms with Crippen LogP contribution in [0.3, 0.4) is 0 Å². The van der Waals surface area contributed by atoms with Gasteiger partial charge in [0.25, 0.3) is 5.91 Å². The fourth-order valence-electron chi connectivity index (χ4n) is 3.47. The van der Waals surface area contributed by atoms with Crippen LogP contribution in [0.25, 0.3) is 0 Å². The van der Waals surface area contributed by atoms with E-state index >= 15 is 0 Å². The number of rotatable bonds is 8. The van der Waals surface area contributed by atoms with Crippen LogP contribution in [-0.4, -0.2) is 47.2 Å². The molecule has 1 fully saturated rings. The van der Waals surface area contributed by atoms with Crippen LogP contribution in [-0.2, 0) is 9.59 Å². The van der Waals surface area contributed by atoms with Crippen molar-refractivity contribution in [3.05, 3.63) is 22.3 Å².